The van der Waals surface area contributed by atoms with Crippen LogP contribution in [0.25, 0.3) is 0 Å². The zero-order valence-electron chi connectivity index (χ0n) is 11.0. The van der Waals surface area contributed by atoms with E-state index in [0.29, 0.717) is 28.8 Å². The average molecular weight is 319 g/mol. The van der Waals surface area contributed by atoms with E-state index < -0.39 is 6.09 Å². The van der Waals surface area contributed by atoms with Crippen molar-refractivity contribution < 1.29 is 14.6 Å². The number of benzene rings is 1. The van der Waals surface area contributed by atoms with Crippen molar-refractivity contribution in [3.8, 4) is 5.75 Å². The van der Waals surface area contributed by atoms with Crippen LogP contribution < -0.4 is 15.4 Å². The first-order valence-electron chi connectivity index (χ1n) is 6.26. The van der Waals surface area contributed by atoms with Gasteiger partial charge in [-0.25, -0.2) is 4.79 Å². The molecule has 1 heterocycles. The van der Waals surface area contributed by atoms with E-state index >= 15 is 0 Å². The van der Waals surface area contributed by atoms with E-state index in [-0.39, 0.29) is 5.92 Å². The first-order chi connectivity index (χ1) is 9.54. The molecule has 0 radical (unpaired) electrons. The van der Waals surface area contributed by atoms with Crippen molar-refractivity contribution in [1.82, 2.24) is 10.6 Å². The summed E-state index contributed by atoms with van der Waals surface area (Å²) in [5.41, 5.74) is 1.77. The van der Waals surface area contributed by atoms with Gasteiger partial charge in [0.2, 0.25) is 0 Å². The second-order valence-corrected chi connectivity index (χ2v) is 5.40. The topological polar surface area (TPSA) is 70.6 Å². The lowest BCUT2D eigenvalue weighted by Gasteiger charge is -2.30. The lowest BCUT2D eigenvalue weighted by atomic mass is 9.90. The van der Waals surface area contributed by atoms with E-state index in [4.69, 9.17) is 33.0 Å². The van der Waals surface area contributed by atoms with Crippen LogP contribution >= 0.6 is 23.2 Å². The molecule has 0 saturated carbocycles. The van der Waals surface area contributed by atoms with Gasteiger partial charge >= 0.3 is 6.09 Å². The Labute approximate surface area is 127 Å². The summed E-state index contributed by atoms with van der Waals surface area (Å²) in [7, 11) is 1.59. The highest BCUT2D eigenvalue weighted by Crippen LogP contribution is 2.42. The molecule has 1 saturated heterocycles. The molecule has 3 N–H and O–H groups in total. The van der Waals surface area contributed by atoms with Crippen molar-refractivity contribution in [2.24, 2.45) is 0 Å². The Hall–Kier alpha value is -1.17. The maximum atomic E-state index is 10.5. The van der Waals surface area contributed by atoms with Crippen molar-refractivity contribution in [2.75, 3.05) is 26.7 Å². The third kappa shape index (κ3) is 3.11. The molecule has 0 aliphatic carbocycles. The van der Waals surface area contributed by atoms with Gasteiger partial charge in [-0.2, -0.15) is 0 Å². The van der Waals surface area contributed by atoms with Gasteiger partial charge in [0.25, 0.3) is 0 Å². The van der Waals surface area contributed by atoms with Crippen LogP contribution in [-0.4, -0.2) is 37.9 Å². The van der Waals surface area contributed by atoms with Gasteiger partial charge in [0.15, 0.2) is 0 Å². The highest BCUT2D eigenvalue weighted by Gasteiger charge is 2.28. The molecule has 7 heteroatoms. The Morgan fingerprint density at radius 3 is 2.75 bits per heavy atom. The van der Waals surface area contributed by atoms with Gasteiger partial charge in [-0.1, -0.05) is 23.2 Å². The fraction of sp³-hybridized carbons (Fsp3) is 0.462. The predicted octanol–water partition coefficient (Wildman–Crippen LogP) is 2.50. The zero-order chi connectivity index (χ0) is 14.7. The molecule has 0 aromatic heterocycles. The maximum Gasteiger partial charge on any atom is 0.404 e. The Morgan fingerprint density at radius 1 is 1.55 bits per heavy atom. The second-order valence-electron chi connectivity index (χ2n) is 4.62. The molecular formula is C13H16Cl2N2O3. The number of hydrogen-bond acceptors (Lipinski definition) is 3. The lowest BCUT2D eigenvalue weighted by molar-refractivity contribution is 0.194. The Morgan fingerprint density at radius 2 is 2.25 bits per heavy atom. The van der Waals surface area contributed by atoms with E-state index in [9.17, 15) is 4.79 Å². The molecule has 0 unspecified atom stereocenters. The molecule has 1 aliphatic heterocycles. The van der Waals surface area contributed by atoms with Crippen LogP contribution in [0.5, 0.6) is 5.75 Å². The molecule has 1 amide bonds. The van der Waals surface area contributed by atoms with Crippen LogP contribution in [-0.2, 0) is 6.42 Å². The van der Waals surface area contributed by atoms with Gasteiger partial charge < -0.3 is 20.5 Å². The van der Waals surface area contributed by atoms with Crippen molar-refractivity contribution >= 4 is 29.3 Å². The minimum Gasteiger partial charge on any atom is -0.496 e. The molecular weight excluding hydrogens is 303 g/mol. The number of hydrogen-bond donors (Lipinski definition) is 3. The smallest absolute Gasteiger partial charge is 0.404 e. The van der Waals surface area contributed by atoms with Crippen molar-refractivity contribution in [3.05, 3.63) is 27.2 Å². The largest absolute Gasteiger partial charge is 0.496 e. The standard InChI is InChI=1S/C13H16Cl2N2O3/c1-20-12-7(2-3-17-13(18)19)4-9(14)11(15)10(12)8-5-16-6-8/h4,8,16-17H,2-3,5-6H2,1H3,(H,18,19). The predicted molar refractivity (Wildman–Crippen MR) is 78.4 cm³/mol. The summed E-state index contributed by atoms with van der Waals surface area (Å²) >= 11 is 12.5. The van der Waals surface area contributed by atoms with Gasteiger partial charge in [-0.3, -0.25) is 0 Å². The van der Waals surface area contributed by atoms with Crippen LogP contribution in [0.1, 0.15) is 17.0 Å². The summed E-state index contributed by atoms with van der Waals surface area (Å²) in [4.78, 5) is 10.5. The van der Waals surface area contributed by atoms with Crippen LogP contribution in [0.15, 0.2) is 6.07 Å². The first-order valence-corrected chi connectivity index (χ1v) is 7.02. The lowest BCUT2D eigenvalue weighted by Crippen LogP contribution is -2.40. The minimum absolute atomic E-state index is 0.280. The quantitative estimate of drug-likeness (QED) is 0.780. The summed E-state index contributed by atoms with van der Waals surface area (Å²) in [6.07, 6.45) is -0.549. The van der Waals surface area contributed by atoms with E-state index in [1.807, 2.05) is 0 Å². The number of carbonyl (C=O) groups is 1. The highest BCUT2D eigenvalue weighted by molar-refractivity contribution is 6.42. The van der Waals surface area contributed by atoms with Gasteiger partial charge in [0.1, 0.15) is 5.75 Å². The van der Waals surface area contributed by atoms with Crippen molar-refractivity contribution in [3.63, 3.8) is 0 Å². The van der Waals surface area contributed by atoms with E-state index in [2.05, 4.69) is 10.6 Å². The summed E-state index contributed by atoms with van der Waals surface area (Å²) in [6, 6.07) is 1.74. The zero-order valence-corrected chi connectivity index (χ0v) is 12.5. The SMILES string of the molecule is COc1c(CCNC(=O)O)cc(Cl)c(Cl)c1C1CNC1. The van der Waals surface area contributed by atoms with E-state index in [1.54, 1.807) is 13.2 Å². The number of halogens is 2. The molecule has 2 rings (SSSR count). The number of ether oxygens (including phenoxy) is 1. The molecule has 0 spiro atoms. The molecule has 1 fully saturated rings. The maximum absolute atomic E-state index is 10.5. The van der Waals surface area contributed by atoms with E-state index in [0.717, 1.165) is 24.2 Å². The third-order valence-corrected chi connectivity index (χ3v) is 4.15. The monoisotopic (exact) mass is 318 g/mol. The van der Waals surface area contributed by atoms with Crippen LogP contribution in [0, 0.1) is 0 Å². The Kier molecular flexibility index (Phi) is 4.96. The Balaban J connectivity index is 2.30. The summed E-state index contributed by atoms with van der Waals surface area (Å²) in [5.74, 6) is 0.987. The normalized spacial score (nSPS) is 14.8. The summed E-state index contributed by atoms with van der Waals surface area (Å²) in [5, 5.41) is 15.1. The summed E-state index contributed by atoms with van der Waals surface area (Å²) in [6.45, 7) is 1.97. The molecule has 1 aliphatic rings. The van der Waals surface area contributed by atoms with Crippen molar-refractivity contribution in [1.29, 1.82) is 0 Å². The Bertz CT molecular complexity index is 519. The number of methoxy groups -OCH3 is 1. The fourth-order valence-corrected chi connectivity index (χ4v) is 2.80. The van der Waals surface area contributed by atoms with Crippen LogP contribution in [0.2, 0.25) is 10.0 Å². The van der Waals surface area contributed by atoms with Crippen molar-refractivity contribution in [2.45, 2.75) is 12.3 Å². The highest BCUT2D eigenvalue weighted by atomic mass is 35.5. The fourth-order valence-electron chi connectivity index (χ4n) is 2.27. The number of rotatable bonds is 5. The van der Waals surface area contributed by atoms with Crippen LogP contribution in [0.3, 0.4) is 0 Å². The second kappa shape index (κ2) is 6.52. The number of amides is 1. The molecule has 0 atom stereocenters. The van der Waals surface area contributed by atoms with Gasteiger partial charge in [-0.05, 0) is 18.1 Å². The third-order valence-electron chi connectivity index (χ3n) is 3.35. The molecule has 5 nitrogen and oxygen atoms in total. The van der Waals surface area contributed by atoms with Gasteiger partial charge in [-0.15, -0.1) is 0 Å². The summed E-state index contributed by atoms with van der Waals surface area (Å²) < 4.78 is 5.48. The molecule has 1 aromatic rings. The minimum atomic E-state index is -1.05. The number of carboxylic acid groups (broad SMARTS) is 1. The van der Waals surface area contributed by atoms with E-state index in [1.165, 1.54) is 0 Å². The number of nitrogens with one attached hydrogen (secondary N) is 2. The average Bonchev–Trinajstić information content (AvgIpc) is 2.33. The van der Waals surface area contributed by atoms with Crippen LogP contribution in [0.4, 0.5) is 4.79 Å². The molecule has 20 heavy (non-hydrogen) atoms. The molecule has 110 valence electrons. The van der Waals surface area contributed by atoms with Gasteiger partial charge in [0, 0.05) is 31.1 Å². The molecule has 0 bridgehead atoms. The first kappa shape index (κ1) is 15.2. The molecule has 1 aromatic carbocycles. The van der Waals surface area contributed by atoms with Gasteiger partial charge in [0.05, 0.1) is 17.2 Å².